The van der Waals surface area contributed by atoms with Crippen LogP contribution in [0.4, 0.5) is 11.5 Å². The van der Waals surface area contributed by atoms with Crippen LogP contribution in [0.25, 0.3) is 11.1 Å². The summed E-state index contributed by atoms with van der Waals surface area (Å²) in [6, 6.07) is 14.8. The van der Waals surface area contributed by atoms with E-state index in [2.05, 4.69) is 54.4 Å². The van der Waals surface area contributed by atoms with E-state index in [0.29, 0.717) is 19.6 Å². The number of morpholine rings is 1. The summed E-state index contributed by atoms with van der Waals surface area (Å²) in [5.41, 5.74) is 8.14. The number of aromatic nitrogens is 1. The van der Waals surface area contributed by atoms with Crippen molar-refractivity contribution in [1.29, 1.82) is 0 Å². The zero-order valence-electron chi connectivity index (χ0n) is 21.2. The number of benzene rings is 2. The molecule has 7 heteroatoms. The number of hydrogen-bond acceptors (Lipinski definition) is 7. The first-order valence-corrected chi connectivity index (χ1v) is 12.5. The number of esters is 1. The molecule has 7 nitrogen and oxygen atoms in total. The van der Waals surface area contributed by atoms with Gasteiger partial charge in [0.05, 0.1) is 33.4 Å². The molecule has 5 rings (SSSR count). The minimum absolute atomic E-state index is 0.0478. The number of fused-ring (bicyclic) bond motifs is 1. The van der Waals surface area contributed by atoms with E-state index >= 15 is 0 Å². The van der Waals surface area contributed by atoms with Gasteiger partial charge in [-0.25, -0.2) is 4.98 Å². The molecule has 2 aliphatic heterocycles. The van der Waals surface area contributed by atoms with Gasteiger partial charge >= 0.3 is 5.97 Å². The van der Waals surface area contributed by atoms with Gasteiger partial charge < -0.3 is 24.4 Å². The largest absolute Gasteiger partial charge is 0.493 e. The Kier molecular flexibility index (Phi) is 7.09. The molecule has 3 aromatic rings. The smallest absolute Gasteiger partial charge is 0.306 e. The molecule has 0 unspecified atom stereocenters. The van der Waals surface area contributed by atoms with E-state index in [1.807, 2.05) is 18.3 Å². The summed E-state index contributed by atoms with van der Waals surface area (Å²) in [6.45, 7) is 8.80. The molecule has 0 bridgehead atoms. The van der Waals surface area contributed by atoms with Gasteiger partial charge in [0.15, 0.2) is 0 Å². The van der Waals surface area contributed by atoms with Crippen molar-refractivity contribution >= 4 is 17.5 Å². The fourth-order valence-corrected chi connectivity index (χ4v) is 5.08. The van der Waals surface area contributed by atoms with Crippen LogP contribution in [0.3, 0.4) is 0 Å². The number of carbonyl (C=O) groups is 1. The average Bonchev–Trinajstić information content (AvgIpc) is 3.31. The molecule has 36 heavy (non-hydrogen) atoms. The van der Waals surface area contributed by atoms with E-state index in [9.17, 15) is 4.79 Å². The number of aryl methyl sites for hydroxylation is 1. The van der Waals surface area contributed by atoms with Crippen molar-refractivity contribution in [3.8, 4) is 16.9 Å². The number of nitrogens with one attached hydrogen (secondary N) is 1. The second-order valence-electron chi connectivity index (χ2n) is 9.44. The van der Waals surface area contributed by atoms with Gasteiger partial charge in [-0.15, -0.1) is 0 Å². The molecule has 0 amide bonds. The number of hydrogen-bond donors (Lipinski definition) is 1. The first-order chi connectivity index (χ1) is 17.5. The fraction of sp³-hybridized carbons (Fsp3) is 0.379. The van der Waals surface area contributed by atoms with Gasteiger partial charge in [-0.3, -0.25) is 4.79 Å². The Morgan fingerprint density at radius 2 is 1.97 bits per heavy atom. The molecule has 1 atom stereocenters. The Labute approximate surface area is 212 Å². The van der Waals surface area contributed by atoms with Gasteiger partial charge in [0, 0.05) is 54.6 Å². The van der Waals surface area contributed by atoms with Crippen LogP contribution in [0.5, 0.6) is 5.75 Å². The SMILES string of the molecule is COC(=O)C[C@@H]1COc2cc(NCc3ccc(C)c(-c4ccc(N5CCOCC5)nc4)c3C)ccc21. The van der Waals surface area contributed by atoms with Crippen molar-refractivity contribution in [3.05, 3.63) is 70.9 Å². The second kappa shape index (κ2) is 10.6. The first-order valence-electron chi connectivity index (χ1n) is 12.5. The summed E-state index contributed by atoms with van der Waals surface area (Å²) in [6.07, 6.45) is 2.32. The van der Waals surface area contributed by atoms with E-state index < -0.39 is 0 Å². The Morgan fingerprint density at radius 3 is 2.72 bits per heavy atom. The quantitative estimate of drug-likeness (QED) is 0.478. The van der Waals surface area contributed by atoms with Crippen molar-refractivity contribution < 1.29 is 19.0 Å². The number of methoxy groups -OCH3 is 1. The minimum Gasteiger partial charge on any atom is -0.493 e. The number of ether oxygens (including phenoxy) is 3. The predicted octanol–water partition coefficient (Wildman–Crippen LogP) is 4.85. The molecule has 3 heterocycles. The molecular formula is C29H33N3O4. The Hall–Kier alpha value is -3.58. The summed E-state index contributed by atoms with van der Waals surface area (Å²) in [7, 11) is 1.42. The highest BCUT2D eigenvalue weighted by atomic mass is 16.5. The van der Waals surface area contributed by atoms with Crippen LogP contribution < -0.4 is 15.0 Å². The molecule has 0 saturated carbocycles. The summed E-state index contributed by atoms with van der Waals surface area (Å²) in [5, 5.41) is 3.54. The topological polar surface area (TPSA) is 72.9 Å². The summed E-state index contributed by atoms with van der Waals surface area (Å²) in [4.78, 5) is 18.7. The average molecular weight is 488 g/mol. The zero-order valence-corrected chi connectivity index (χ0v) is 21.2. The van der Waals surface area contributed by atoms with Crippen LogP contribution in [0.2, 0.25) is 0 Å². The van der Waals surface area contributed by atoms with Gasteiger partial charge in [-0.1, -0.05) is 18.2 Å². The van der Waals surface area contributed by atoms with E-state index in [1.165, 1.54) is 29.4 Å². The molecular weight excluding hydrogens is 454 g/mol. The van der Waals surface area contributed by atoms with Crippen LogP contribution in [-0.4, -0.2) is 51.0 Å². The maximum absolute atomic E-state index is 11.7. The monoisotopic (exact) mass is 487 g/mol. The molecule has 1 saturated heterocycles. The second-order valence-corrected chi connectivity index (χ2v) is 9.44. The van der Waals surface area contributed by atoms with E-state index in [0.717, 1.165) is 54.7 Å². The van der Waals surface area contributed by atoms with Crippen LogP contribution in [0.15, 0.2) is 48.7 Å². The third-order valence-electron chi connectivity index (χ3n) is 7.17. The van der Waals surface area contributed by atoms with Crippen LogP contribution in [0.1, 0.15) is 34.6 Å². The number of carbonyl (C=O) groups excluding carboxylic acids is 1. The number of nitrogens with zero attached hydrogens (tertiary/aromatic N) is 2. The van der Waals surface area contributed by atoms with Gasteiger partial charge in [-0.2, -0.15) is 0 Å². The van der Waals surface area contributed by atoms with Crippen molar-refractivity contribution in [2.75, 3.05) is 50.2 Å². The van der Waals surface area contributed by atoms with Crippen LogP contribution in [-0.2, 0) is 20.8 Å². The highest BCUT2D eigenvalue weighted by molar-refractivity contribution is 5.73. The van der Waals surface area contributed by atoms with Crippen molar-refractivity contribution in [2.45, 2.75) is 32.7 Å². The maximum Gasteiger partial charge on any atom is 0.306 e. The van der Waals surface area contributed by atoms with Crippen molar-refractivity contribution in [1.82, 2.24) is 4.98 Å². The van der Waals surface area contributed by atoms with Crippen molar-refractivity contribution in [2.24, 2.45) is 0 Å². The Balaban J connectivity index is 1.30. The van der Waals surface area contributed by atoms with E-state index in [4.69, 9.17) is 19.2 Å². The van der Waals surface area contributed by atoms with Crippen LogP contribution in [0, 0.1) is 13.8 Å². The molecule has 2 aromatic carbocycles. The van der Waals surface area contributed by atoms with Gasteiger partial charge in [-0.05, 0) is 54.3 Å². The lowest BCUT2D eigenvalue weighted by molar-refractivity contribution is -0.141. The third kappa shape index (κ3) is 5.02. The Morgan fingerprint density at radius 1 is 1.14 bits per heavy atom. The number of pyridine rings is 1. The third-order valence-corrected chi connectivity index (χ3v) is 7.17. The minimum atomic E-state index is -0.213. The molecule has 0 radical (unpaired) electrons. The number of anilines is 2. The molecule has 1 fully saturated rings. The van der Waals surface area contributed by atoms with E-state index in [-0.39, 0.29) is 11.9 Å². The Bertz CT molecular complexity index is 1240. The fourth-order valence-electron chi connectivity index (χ4n) is 5.08. The highest BCUT2D eigenvalue weighted by Gasteiger charge is 2.27. The summed E-state index contributed by atoms with van der Waals surface area (Å²) >= 11 is 0. The maximum atomic E-state index is 11.7. The zero-order chi connectivity index (χ0) is 25.1. The number of rotatable bonds is 7. The highest BCUT2D eigenvalue weighted by Crippen LogP contribution is 2.38. The molecule has 1 N–H and O–H groups in total. The lowest BCUT2D eigenvalue weighted by atomic mass is 9.93. The molecule has 0 spiro atoms. The molecule has 1 aromatic heterocycles. The molecule has 0 aliphatic carbocycles. The van der Waals surface area contributed by atoms with Gasteiger partial charge in [0.25, 0.3) is 0 Å². The normalized spacial score (nSPS) is 16.9. The van der Waals surface area contributed by atoms with E-state index in [1.54, 1.807) is 0 Å². The molecule has 2 aliphatic rings. The summed E-state index contributed by atoms with van der Waals surface area (Å²) in [5.74, 6) is 1.67. The van der Waals surface area contributed by atoms with Gasteiger partial charge in [0.1, 0.15) is 11.6 Å². The standard InChI is InChI=1S/C29H33N3O4/c1-19-4-5-21(16-30-24-7-8-25-23(14-28(33)34-3)18-36-26(25)15-24)20(2)29(19)22-6-9-27(31-17-22)32-10-12-35-13-11-32/h4-9,15,17,23,30H,10-14,16,18H2,1-3H3/t23-/m1/s1. The van der Waals surface area contributed by atoms with Crippen molar-refractivity contribution in [3.63, 3.8) is 0 Å². The first kappa shape index (κ1) is 24.1. The lowest BCUT2D eigenvalue weighted by Crippen LogP contribution is -2.36. The lowest BCUT2D eigenvalue weighted by Gasteiger charge is -2.27. The summed E-state index contributed by atoms with van der Waals surface area (Å²) < 4.78 is 16.1. The predicted molar refractivity (Wildman–Crippen MR) is 141 cm³/mol. The van der Waals surface area contributed by atoms with Gasteiger partial charge in [0.2, 0.25) is 0 Å². The molecule has 188 valence electrons. The van der Waals surface area contributed by atoms with Crippen LogP contribution >= 0.6 is 0 Å².